The van der Waals surface area contributed by atoms with Crippen LogP contribution in [0.5, 0.6) is 5.75 Å². The van der Waals surface area contributed by atoms with Crippen LogP contribution in [-0.2, 0) is 0 Å². The Labute approximate surface area is 124 Å². The Hall–Kier alpha value is -2.39. The van der Waals surface area contributed by atoms with E-state index < -0.39 is 0 Å². The van der Waals surface area contributed by atoms with Gasteiger partial charge in [-0.2, -0.15) is 0 Å². The second-order valence-corrected chi connectivity index (χ2v) is 5.13. The monoisotopic (exact) mass is 278 g/mol. The van der Waals surface area contributed by atoms with Crippen molar-refractivity contribution >= 4 is 10.9 Å². The summed E-state index contributed by atoms with van der Waals surface area (Å²) in [5, 5.41) is 1.10. The summed E-state index contributed by atoms with van der Waals surface area (Å²) in [5.74, 6) is 0.797. The minimum atomic E-state index is -0.134. The van der Waals surface area contributed by atoms with Crippen molar-refractivity contribution < 1.29 is 4.74 Å². The summed E-state index contributed by atoms with van der Waals surface area (Å²) in [6, 6.07) is 17.9. The quantitative estimate of drug-likeness (QED) is 0.793. The fourth-order valence-corrected chi connectivity index (χ4v) is 2.41. The molecule has 3 aromatic rings. The van der Waals surface area contributed by atoms with Crippen molar-refractivity contribution in [3.8, 4) is 5.75 Å². The topological polar surface area (TPSA) is 48.1 Å². The van der Waals surface area contributed by atoms with Gasteiger partial charge in [0.15, 0.2) is 0 Å². The third kappa shape index (κ3) is 3.03. The van der Waals surface area contributed by atoms with Crippen LogP contribution in [0, 0.1) is 6.92 Å². The predicted octanol–water partition coefficient (Wildman–Crippen LogP) is 3.62. The molecule has 2 aromatic carbocycles. The Morgan fingerprint density at radius 3 is 2.81 bits per heavy atom. The van der Waals surface area contributed by atoms with Gasteiger partial charge in [-0.15, -0.1) is 0 Å². The summed E-state index contributed by atoms with van der Waals surface area (Å²) in [5.41, 5.74) is 9.46. The molecular formula is C18H18N2O. The SMILES string of the molecule is Cc1ccccc1C(N)COc1ccc2cccnc2c1. The molecule has 21 heavy (non-hydrogen) atoms. The van der Waals surface area contributed by atoms with Crippen molar-refractivity contribution in [2.75, 3.05) is 6.61 Å². The van der Waals surface area contributed by atoms with Crippen LogP contribution in [-0.4, -0.2) is 11.6 Å². The lowest BCUT2D eigenvalue weighted by Crippen LogP contribution is -2.19. The third-order valence-corrected chi connectivity index (χ3v) is 3.59. The summed E-state index contributed by atoms with van der Waals surface area (Å²) in [4.78, 5) is 4.33. The molecule has 1 aromatic heterocycles. The van der Waals surface area contributed by atoms with Crippen LogP contribution in [0.1, 0.15) is 17.2 Å². The van der Waals surface area contributed by atoms with Crippen molar-refractivity contribution in [1.29, 1.82) is 0 Å². The zero-order valence-corrected chi connectivity index (χ0v) is 12.0. The minimum absolute atomic E-state index is 0.134. The lowest BCUT2D eigenvalue weighted by atomic mass is 10.0. The van der Waals surface area contributed by atoms with Crippen LogP contribution in [0.4, 0.5) is 0 Å². The first kappa shape index (κ1) is 13.6. The van der Waals surface area contributed by atoms with Crippen molar-refractivity contribution in [2.45, 2.75) is 13.0 Å². The second-order valence-electron chi connectivity index (χ2n) is 5.13. The van der Waals surface area contributed by atoms with Crippen LogP contribution >= 0.6 is 0 Å². The summed E-state index contributed by atoms with van der Waals surface area (Å²) < 4.78 is 5.82. The molecule has 0 saturated heterocycles. The molecule has 3 nitrogen and oxygen atoms in total. The molecule has 0 bridgehead atoms. The molecule has 1 unspecified atom stereocenters. The first-order chi connectivity index (χ1) is 10.2. The molecule has 1 atom stereocenters. The number of aryl methyl sites for hydroxylation is 1. The van der Waals surface area contributed by atoms with Gasteiger partial charge >= 0.3 is 0 Å². The van der Waals surface area contributed by atoms with Gasteiger partial charge in [-0.3, -0.25) is 4.98 Å². The molecule has 0 spiro atoms. The maximum absolute atomic E-state index is 6.22. The van der Waals surface area contributed by atoms with Gasteiger partial charge in [0.2, 0.25) is 0 Å². The summed E-state index contributed by atoms with van der Waals surface area (Å²) in [6.45, 7) is 2.51. The number of benzene rings is 2. The average molecular weight is 278 g/mol. The van der Waals surface area contributed by atoms with Gasteiger partial charge in [-0.25, -0.2) is 0 Å². The van der Waals surface area contributed by atoms with Gasteiger partial charge in [0.1, 0.15) is 12.4 Å². The number of nitrogens with zero attached hydrogens (tertiary/aromatic N) is 1. The normalized spacial score (nSPS) is 12.3. The second kappa shape index (κ2) is 5.94. The molecule has 0 saturated carbocycles. The number of pyridine rings is 1. The van der Waals surface area contributed by atoms with Crippen molar-refractivity contribution in [2.24, 2.45) is 5.73 Å². The van der Waals surface area contributed by atoms with E-state index in [0.717, 1.165) is 22.2 Å². The zero-order chi connectivity index (χ0) is 14.7. The zero-order valence-electron chi connectivity index (χ0n) is 12.0. The Morgan fingerprint density at radius 1 is 1.10 bits per heavy atom. The van der Waals surface area contributed by atoms with Crippen LogP contribution in [0.25, 0.3) is 10.9 Å². The highest BCUT2D eigenvalue weighted by atomic mass is 16.5. The van der Waals surface area contributed by atoms with E-state index in [1.54, 1.807) is 6.20 Å². The first-order valence-electron chi connectivity index (χ1n) is 7.03. The van der Waals surface area contributed by atoms with Gasteiger partial charge in [-0.1, -0.05) is 30.3 Å². The number of rotatable bonds is 4. The van der Waals surface area contributed by atoms with E-state index in [1.807, 2.05) is 48.5 Å². The highest BCUT2D eigenvalue weighted by molar-refractivity contribution is 5.79. The molecule has 0 radical (unpaired) electrons. The smallest absolute Gasteiger partial charge is 0.121 e. The number of fused-ring (bicyclic) bond motifs is 1. The Bertz CT molecular complexity index is 755. The highest BCUT2D eigenvalue weighted by Gasteiger charge is 2.09. The number of nitrogens with two attached hydrogens (primary N) is 1. The van der Waals surface area contributed by atoms with E-state index in [4.69, 9.17) is 10.5 Å². The fourth-order valence-electron chi connectivity index (χ4n) is 2.41. The Balaban J connectivity index is 1.73. The van der Waals surface area contributed by atoms with Gasteiger partial charge in [-0.05, 0) is 36.2 Å². The fraction of sp³-hybridized carbons (Fsp3) is 0.167. The molecule has 0 aliphatic rings. The molecule has 2 N–H and O–H groups in total. The lowest BCUT2D eigenvalue weighted by Gasteiger charge is -2.15. The molecule has 3 rings (SSSR count). The first-order valence-corrected chi connectivity index (χ1v) is 7.03. The highest BCUT2D eigenvalue weighted by Crippen LogP contribution is 2.21. The van der Waals surface area contributed by atoms with Gasteiger partial charge < -0.3 is 10.5 Å². The van der Waals surface area contributed by atoms with Crippen LogP contribution in [0.3, 0.4) is 0 Å². The Morgan fingerprint density at radius 2 is 1.95 bits per heavy atom. The summed E-state index contributed by atoms with van der Waals surface area (Å²) in [6.07, 6.45) is 1.78. The van der Waals surface area contributed by atoms with E-state index in [1.165, 1.54) is 5.56 Å². The number of ether oxygens (including phenoxy) is 1. The maximum atomic E-state index is 6.22. The largest absolute Gasteiger partial charge is 0.492 e. The molecule has 1 heterocycles. The molecule has 0 aliphatic carbocycles. The van der Waals surface area contributed by atoms with Crippen LogP contribution in [0.15, 0.2) is 60.8 Å². The van der Waals surface area contributed by atoms with Gasteiger partial charge in [0.05, 0.1) is 11.6 Å². The van der Waals surface area contributed by atoms with E-state index in [9.17, 15) is 0 Å². The van der Waals surface area contributed by atoms with E-state index in [-0.39, 0.29) is 6.04 Å². The summed E-state index contributed by atoms with van der Waals surface area (Å²) >= 11 is 0. The number of hydrogen-bond acceptors (Lipinski definition) is 3. The molecule has 0 amide bonds. The number of aromatic nitrogens is 1. The molecule has 0 aliphatic heterocycles. The number of hydrogen-bond donors (Lipinski definition) is 1. The maximum Gasteiger partial charge on any atom is 0.121 e. The molecule has 0 fully saturated rings. The van der Waals surface area contributed by atoms with E-state index in [2.05, 4.69) is 18.0 Å². The van der Waals surface area contributed by atoms with Crippen LogP contribution in [0.2, 0.25) is 0 Å². The van der Waals surface area contributed by atoms with Crippen molar-refractivity contribution in [1.82, 2.24) is 4.98 Å². The molecule has 3 heteroatoms. The van der Waals surface area contributed by atoms with Gasteiger partial charge in [0, 0.05) is 17.6 Å². The lowest BCUT2D eigenvalue weighted by molar-refractivity contribution is 0.290. The van der Waals surface area contributed by atoms with Crippen molar-refractivity contribution in [3.63, 3.8) is 0 Å². The average Bonchev–Trinajstić information content (AvgIpc) is 2.53. The standard InChI is InChI=1S/C18H18N2O/c1-13-5-2-3-7-16(13)17(19)12-21-15-9-8-14-6-4-10-20-18(14)11-15/h2-11,17H,12,19H2,1H3. The third-order valence-electron chi connectivity index (χ3n) is 3.59. The summed E-state index contributed by atoms with van der Waals surface area (Å²) in [7, 11) is 0. The predicted molar refractivity (Wildman–Crippen MR) is 85.3 cm³/mol. The molecule has 106 valence electrons. The van der Waals surface area contributed by atoms with E-state index >= 15 is 0 Å². The molecular weight excluding hydrogens is 260 g/mol. The minimum Gasteiger partial charge on any atom is -0.492 e. The Kier molecular flexibility index (Phi) is 3.84. The van der Waals surface area contributed by atoms with Crippen molar-refractivity contribution in [3.05, 3.63) is 71.9 Å². The van der Waals surface area contributed by atoms with E-state index in [0.29, 0.717) is 6.61 Å². The van der Waals surface area contributed by atoms with Crippen LogP contribution < -0.4 is 10.5 Å². The van der Waals surface area contributed by atoms with Gasteiger partial charge in [0.25, 0.3) is 0 Å².